The summed E-state index contributed by atoms with van der Waals surface area (Å²) in [5.74, 6) is -1.48. The molecule has 0 aromatic heterocycles. The van der Waals surface area contributed by atoms with Gasteiger partial charge in [-0.1, -0.05) is 12.1 Å². The molecule has 1 atom stereocenters. The zero-order chi connectivity index (χ0) is 11.5. The molecule has 84 valence electrons. The average Bonchev–Trinajstić information content (AvgIpc) is 3.09. The molecule has 0 saturated carbocycles. The van der Waals surface area contributed by atoms with Crippen molar-refractivity contribution in [2.24, 2.45) is 0 Å². The van der Waals surface area contributed by atoms with Crippen molar-refractivity contribution in [3.05, 3.63) is 35.4 Å². The molecule has 1 unspecified atom stereocenters. The quantitative estimate of drug-likeness (QED) is 0.726. The third-order valence-corrected chi connectivity index (χ3v) is 2.29. The van der Waals surface area contributed by atoms with Crippen molar-refractivity contribution in [1.29, 1.82) is 0 Å². The standard InChI is InChI=1S/C11H11NO4/c13-10(12-5-7-6-16-7)8-3-1-2-4-9(8)11(14)15/h1-4,7H,5-6H2,(H,12,13)(H,14,15). The van der Waals surface area contributed by atoms with Crippen LogP contribution in [0.2, 0.25) is 0 Å². The molecule has 1 fully saturated rings. The molecule has 1 heterocycles. The molecule has 5 nitrogen and oxygen atoms in total. The van der Waals surface area contributed by atoms with Gasteiger partial charge in [0.15, 0.2) is 0 Å². The molecular formula is C11H11NO4. The Balaban J connectivity index is 2.11. The van der Waals surface area contributed by atoms with Crippen LogP contribution in [-0.4, -0.2) is 36.2 Å². The Bertz CT molecular complexity index is 426. The molecule has 1 saturated heterocycles. The maximum Gasteiger partial charge on any atom is 0.336 e. The Morgan fingerprint density at radius 1 is 1.38 bits per heavy atom. The monoisotopic (exact) mass is 221 g/mol. The first-order valence-corrected chi connectivity index (χ1v) is 4.90. The van der Waals surface area contributed by atoms with Gasteiger partial charge in [0.1, 0.15) is 0 Å². The van der Waals surface area contributed by atoms with Crippen molar-refractivity contribution in [2.75, 3.05) is 13.2 Å². The van der Waals surface area contributed by atoms with E-state index in [1.54, 1.807) is 12.1 Å². The number of benzene rings is 1. The third-order valence-electron chi connectivity index (χ3n) is 2.29. The number of nitrogens with one attached hydrogen (secondary N) is 1. The molecule has 0 aliphatic carbocycles. The number of carbonyl (C=O) groups excluding carboxylic acids is 1. The van der Waals surface area contributed by atoms with Gasteiger partial charge in [0.05, 0.1) is 23.8 Å². The van der Waals surface area contributed by atoms with Gasteiger partial charge in [0.25, 0.3) is 5.91 Å². The van der Waals surface area contributed by atoms with Gasteiger partial charge in [-0.15, -0.1) is 0 Å². The minimum Gasteiger partial charge on any atom is -0.478 e. The van der Waals surface area contributed by atoms with Crippen molar-refractivity contribution in [1.82, 2.24) is 5.32 Å². The number of carbonyl (C=O) groups is 2. The number of amides is 1. The summed E-state index contributed by atoms with van der Waals surface area (Å²) in [6.45, 7) is 1.08. The van der Waals surface area contributed by atoms with Crippen LogP contribution in [0, 0.1) is 0 Å². The van der Waals surface area contributed by atoms with Gasteiger partial charge in [0.2, 0.25) is 0 Å². The van der Waals surface area contributed by atoms with Gasteiger partial charge in [-0.25, -0.2) is 4.79 Å². The van der Waals surface area contributed by atoms with E-state index in [0.29, 0.717) is 13.2 Å². The lowest BCUT2D eigenvalue weighted by Gasteiger charge is -2.05. The Labute approximate surface area is 92.0 Å². The van der Waals surface area contributed by atoms with Crippen molar-refractivity contribution in [3.8, 4) is 0 Å². The van der Waals surface area contributed by atoms with Gasteiger partial charge >= 0.3 is 5.97 Å². The molecular weight excluding hydrogens is 210 g/mol. The smallest absolute Gasteiger partial charge is 0.336 e. The predicted octanol–water partition coefficient (Wildman–Crippen LogP) is 0.513. The van der Waals surface area contributed by atoms with E-state index < -0.39 is 5.97 Å². The zero-order valence-electron chi connectivity index (χ0n) is 8.47. The van der Waals surface area contributed by atoms with E-state index in [4.69, 9.17) is 9.84 Å². The molecule has 5 heteroatoms. The highest BCUT2D eigenvalue weighted by molar-refractivity contribution is 6.04. The lowest BCUT2D eigenvalue weighted by atomic mass is 10.1. The lowest BCUT2D eigenvalue weighted by Crippen LogP contribution is -2.28. The largest absolute Gasteiger partial charge is 0.478 e. The number of epoxide rings is 1. The summed E-state index contributed by atoms with van der Waals surface area (Å²) in [6.07, 6.45) is 0.0842. The molecule has 2 rings (SSSR count). The molecule has 1 aliphatic heterocycles. The second kappa shape index (κ2) is 4.32. The zero-order valence-corrected chi connectivity index (χ0v) is 8.47. The summed E-state index contributed by atoms with van der Waals surface area (Å²) in [7, 11) is 0. The van der Waals surface area contributed by atoms with E-state index in [2.05, 4.69) is 5.32 Å². The summed E-state index contributed by atoms with van der Waals surface area (Å²) in [5.41, 5.74) is 0.187. The molecule has 1 aromatic carbocycles. The molecule has 16 heavy (non-hydrogen) atoms. The van der Waals surface area contributed by atoms with Gasteiger partial charge in [-0.05, 0) is 12.1 Å². The average molecular weight is 221 g/mol. The minimum atomic E-state index is -1.10. The maximum absolute atomic E-state index is 11.7. The SMILES string of the molecule is O=C(O)c1ccccc1C(=O)NCC1CO1. The highest BCUT2D eigenvalue weighted by Gasteiger charge is 2.24. The number of rotatable bonds is 4. The molecule has 1 aliphatic rings. The van der Waals surface area contributed by atoms with Crippen LogP contribution >= 0.6 is 0 Å². The van der Waals surface area contributed by atoms with Crippen molar-refractivity contribution in [3.63, 3.8) is 0 Å². The van der Waals surface area contributed by atoms with E-state index in [-0.39, 0.29) is 23.1 Å². The number of hydrogen-bond donors (Lipinski definition) is 2. The van der Waals surface area contributed by atoms with Crippen LogP contribution in [0.5, 0.6) is 0 Å². The first kappa shape index (κ1) is 10.6. The highest BCUT2D eigenvalue weighted by atomic mass is 16.6. The first-order chi connectivity index (χ1) is 7.68. The topological polar surface area (TPSA) is 78.9 Å². The van der Waals surface area contributed by atoms with Crippen LogP contribution in [0.15, 0.2) is 24.3 Å². The molecule has 0 radical (unpaired) electrons. The van der Waals surface area contributed by atoms with E-state index in [9.17, 15) is 9.59 Å². The summed E-state index contributed by atoms with van der Waals surface area (Å²) in [5, 5.41) is 11.5. The van der Waals surface area contributed by atoms with Crippen molar-refractivity contribution < 1.29 is 19.4 Å². The Morgan fingerprint density at radius 2 is 2.00 bits per heavy atom. The Kier molecular flexibility index (Phi) is 2.87. The summed E-state index contributed by atoms with van der Waals surface area (Å²) >= 11 is 0. The van der Waals surface area contributed by atoms with Crippen LogP contribution in [0.1, 0.15) is 20.7 Å². The van der Waals surface area contributed by atoms with Crippen LogP contribution in [0.3, 0.4) is 0 Å². The van der Waals surface area contributed by atoms with Gasteiger partial charge in [-0.3, -0.25) is 4.79 Å². The molecule has 0 spiro atoms. The molecule has 1 aromatic rings. The number of hydrogen-bond acceptors (Lipinski definition) is 3. The summed E-state index contributed by atoms with van der Waals surface area (Å²) in [6, 6.07) is 6.12. The fraction of sp³-hybridized carbons (Fsp3) is 0.273. The number of ether oxygens (including phenoxy) is 1. The fourth-order valence-electron chi connectivity index (χ4n) is 1.36. The van der Waals surface area contributed by atoms with E-state index in [1.165, 1.54) is 12.1 Å². The maximum atomic E-state index is 11.7. The van der Waals surface area contributed by atoms with Crippen molar-refractivity contribution in [2.45, 2.75) is 6.10 Å². The van der Waals surface area contributed by atoms with Crippen LogP contribution in [-0.2, 0) is 4.74 Å². The van der Waals surface area contributed by atoms with Gasteiger partial charge in [-0.2, -0.15) is 0 Å². The number of carboxylic acid groups (broad SMARTS) is 1. The van der Waals surface area contributed by atoms with E-state index >= 15 is 0 Å². The second-order valence-electron chi connectivity index (χ2n) is 3.52. The van der Waals surface area contributed by atoms with Crippen molar-refractivity contribution >= 4 is 11.9 Å². The van der Waals surface area contributed by atoms with Crippen LogP contribution in [0.25, 0.3) is 0 Å². The number of aromatic carboxylic acids is 1. The second-order valence-corrected chi connectivity index (χ2v) is 3.52. The normalized spacial score (nSPS) is 17.9. The van der Waals surface area contributed by atoms with Crippen LogP contribution < -0.4 is 5.32 Å². The predicted molar refractivity (Wildman–Crippen MR) is 55.5 cm³/mol. The van der Waals surface area contributed by atoms with E-state index in [0.717, 1.165) is 0 Å². The lowest BCUT2D eigenvalue weighted by molar-refractivity contribution is 0.0691. The Morgan fingerprint density at radius 3 is 2.56 bits per heavy atom. The Hall–Kier alpha value is -1.88. The van der Waals surface area contributed by atoms with E-state index in [1.807, 2.05) is 0 Å². The summed E-state index contributed by atoms with van der Waals surface area (Å²) < 4.78 is 4.94. The third kappa shape index (κ3) is 2.38. The highest BCUT2D eigenvalue weighted by Crippen LogP contribution is 2.10. The molecule has 2 N–H and O–H groups in total. The van der Waals surface area contributed by atoms with Gasteiger partial charge in [0, 0.05) is 6.54 Å². The number of carboxylic acids is 1. The molecule has 0 bridgehead atoms. The first-order valence-electron chi connectivity index (χ1n) is 4.90. The van der Waals surface area contributed by atoms with Gasteiger partial charge < -0.3 is 15.2 Å². The van der Waals surface area contributed by atoms with Crippen LogP contribution in [0.4, 0.5) is 0 Å². The summed E-state index contributed by atoms with van der Waals surface area (Å²) in [4.78, 5) is 22.5. The fourth-order valence-corrected chi connectivity index (χ4v) is 1.36. The molecule has 1 amide bonds. The minimum absolute atomic E-state index is 0.0108.